The van der Waals surface area contributed by atoms with Gasteiger partial charge in [0.15, 0.2) is 5.96 Å². The first-order chi connectivity index (χ1) is 8.76. The molecule has 0 heterocycles. The number of unbranched alkanes of at least 4 members (excludes halogenated alkanes) is 2. The van der Waals surface area contributed by atoms with Gasteiger partial charge in [0.1, 0.15) is 0 Å². The van der Waals surface area contributed by atoms with Gasteiger partial charge in [-0.25, -0.2) is 0 Å². The SMILES string of the molecule is CCCCCNC(=NC)NCc1cccc(C)c1.I. The molecule has 0 bridgehead atoms. The van der Waals surface area contributed by atoms with Crippen LogP contribution in [-0.2, 0) is 6.54 Å². The first kappa shape index (κ1) is 18.2. The Bertz CT molecular complexity index is 377. The molecule has 0 saturated heterocycles. The third kappa shape index (κ3) is 8.08. The second-order valence-electron chi connectivity index (χ2n) is 4.55. The molecule has 19 heavy (non-hydrogen) atoms. The molecule has 2 N–H and O–H groups in total. The van der Waals surface area contributed by atoms with E-state index in [1.54, 1.807) is 0 Å². The van der Waals surface area contributed by atoms with Crippen molar-refractivity contribution in [2.75, 3.05) is 13.6 Å². The van der Waals surface area contributed by atoms with Crippen LogP contribution in [0, 0.1) is 6.92 Å². The van der Waals surface area contributed by atoms with E-state index in [-0.39, 0.29) is 24.0 Å². The van der Waals surface area contributed by atoms with Crippen LogP contribution in [0.5, 0.6) is 0 Å². The van der Waals surface area contributed by atoms with Gasteiger partial charge in [-0.05, 0) is 18.9 Å². The van der Waals surface area contributed by atoms with Gasteiger partial charge in [0, 0.05) is 20.1 Å². The fourth-order valence-corrected chi connectivity index (χ4v) is 1.81. The van der Waals surface area contributed by atoms with Crippen LogP contribution in [0.2, 0.25) is 0 Å². The molecule has 0 saturated carbocycles. The highest BCUT2D eigenvalue weighted by molar-refractivity contribution is 14.0. The fourth-order valence-electron chi connectivity index (χ4n) is 1.81. The summed E-state index contributed by atoms with van der Waals surface area (Å²) in [5, 5.41) is 6.66. The molecule has 1 aromatic rings. The maximum absolute atomic E-state index is 4.22. The number of hydrogen-bond donors (Lipinski definition) is 2. The summed E-state index contributed by atoms with van der Waals surface area (Å²) in [6.07, 6.45) is 3.71. The summed E-state index contributed by atoms with van der Waals surface area (Å²) in [6.45, 7) is 6.13. The number of rotatable bonds is 6. The zero-order chi connectivity index (χ0) is 13.2. The summed E-state index contributed by atoms with van der Waals surface area (Å²) < 4.78 is 0. The average Bonchev–Trinajstić information content (AvgIpc) is 2.38. The number of nitrogens with one attached hydrogen (secondary N) is 2. The molecular weight excluding hydrogens is 349 g/mol. The first-order valence-corrected chi connectivity index (χ1v) is 6.76. The fraction of sp³-hybridized carbons (Fsp3) is 0.533. The van der Waals surface area contributed by atoms with Crippen LogP contribution in [0.1, 0.15) is 37.3 Å². The Labute approximate surface area is 134 Å². The highest BCUT2D eigenvalue weighted by Gasteiger charge is 1.97. The van der Waals surface area contributed by atoms with E-state index in [4.69, 9.17) is 0 Å². The Hall–Kier alpha value is -0.780. The van der Waals surface area contributed by atoms with E-state index in [0.29, 0.717) is 0 Å². The molecule has 0 amide bonds. The van der Waals surface area contributed by atoms with Crippen LogP contribution in [0.15, 0.2) is 29.3 Å². The number of aliphatic imine (C=N–C) groups is 1. The second-order valence-corrected chi connectivity index (χ2v) is 4.55. The van der Waals surface area contributed by atoms with E-state index in [1.165, 1.54) is 30.4 Å². The van der Waals surface area contributed by atoms with Gasteiger partial charge in [-0.3, -0.25) is 4.99 Å². The Balaban J connectivity index is 0.00000324. The Morgan fingerprint density at radius 3 is 2.63 bits per heavy atom. The van der Waals surface area contributed by atoms with Crippen LogP contribution in [0.4, 0.5) is 0 Å². The number of nitrogens with zero attached hydrogens (tertiary/aromatic N) is 1. The number of halogens is 1. The molecule has 0 spiro atoms. The minimum atomic E-state index is 0. The van der Waals surface area contributed by atoms with Crippen molar-refractivity contribution in [3.63, 3.8) is 0 Å². The van der Waals surface area contributed by atoms with E-state index >= 15 is 0 Å². The van der Waals surface area contributed by atoms with E-state index in [9.17, 15) is 0 Å². The van der Waals surface area contributed by atoms with Crippen molar-refractivity contribution in [1.29, 1.82) is 0 Å². The molecule has 0 aromatic heterocycles. The molecule has 0 fully saturated rings. The molecule has 1 aromatic carbocycles. The molecule has 4 heteroatoms. The highest BCUT2D eigenvalue weighted by atomic mass is 127. The van der Waals surface area contributed by atoms with E-state index in [1.807, 2.05) is 7.05 Å². The molecule has 3 nitrogen and oxygen atoms in total. The van der Waals surface area contributed by atoms with Gasteiger partial charge in [0.2, 0.25) is 0 Å². The number of benzene rings is 1. The molecule has 1 rings (SSSR count). The van der Waals surface area contributed by atoms with Crippen molar-refractivity contribution in [3.05, 3.63) is 35.4 Å². The minimum Gasteiger partial charge on any atom is -0.356 e. The van der Waals surface area contributed by atoms with Crippen LogP contribution < -0.4 is 10.6 Å². The number of aryl methyl sites for hydroxylation is 1. The van der Waals surface area contributed by atoms with Gasteiger partial charge in [0.05, 0.1) is 0 Å². The lowest BCUT2D eigenvalue weighted by atomic mass is 10.1. The van der Waals surface area contributed by atoms with Crippen LogP contribution in [-0.4, -0.2) is 19.6 Å². The number of guanidine groups is 1. The van der Waals surface area contributed by atoms with Gasteiger partial charge in [-0.15, -0.1) is 24.0 Å². The zero-order valence-electron chi connectivity index (χ0n) is 12.2. The molecule has 108 valence electrons. The summed E-state index contributed by atoms with van der Waals surface area (Å²) in [7, 11) is 1.81. The molecular formula is C15H26IN3. The molecule has 0 unspecified atom stereocenters. The normalized spacial score (nSPS) is 10.8. The molecule has 0 atom stereocenters. The van der Waals surface area contributed by atoms with Gasteiger partial charge in [0.25, 0.3) is 0 Å². The van der Waals surface area contributed by atoms with E-state index < -0.39 is 0 Å². The summed E-state index contributed by atoms with van der Waals surface area (Å²) in [6, 6.07) is 8.52. The topological polar surface area (TPSA) is 36.4 Å². The van der Waals surface area contributed by atoms with Crippen molar-refractivity contribution in [2.45, 2.75) is 39.7 Å². The Morgan fingerprint density at radius 1 is 1.21 bits per heavy atom. The van der Waals surface area contributed by atoms with E-state index in [0.717, 1.165) is 19.0 Å². The predicted molar refractivity (Wildman–Crippen MR) is 94.3 cm³/mol. The maximum atomic E-state index is 4.22. The third-order valence-electron chi connectivity index (χ3n) is 2.84. The van der Waals surface area contributed by atoms with Crippen molar-refractivity contribution in [2.24, 2.45) is 4.99 Å². The average molecular weight is 375 g/mol. The summed E-state index contributed by atoms with van der Waals surface area (Å²) in [5.74, 6) is 0.882. The Morgan fingerprint density at radius 2 is 2.00 bits per heavy atom. The van der Waals surface area contributed by atoms with E-state index in [2.05, 4.69) is 53.7 Å². The van der Waals surface area contributed by atoms with Gasteiger partial charge in [-0.2, -0.15) is 0 Å². The monoisotopic (exact) mass is 375 g/mol. The van der Waals surface area contributed by atoms with Crippen LogP contribution >= 0.6 is 24.0 Å². The van der Waals surface area contributed by atoms with Crippen molar-refractivity contribution < 1.29 is 0 Å². The second kappa shape index (κ2) is 11.1. The van der Waals surface area contributed by atoms with Gasteiger partial charge in [-0.1, -0.05) is 49.6 Å². The van der Waals surface area contributed by atoms with Crippen molar-refractivity contribution in [1.82, 2.24) is 10.6 Å². The smallest absolute Gasteiger partial charge is 0.191 e. The summed E-state index contributed by atoms with van der Waals surface area (Å²) >= 11 is 0. The standard InChI is InChI=1S/C15H25N3.HI/c1-4-5-6-10-17-15(16-3)18-12-14-9-7-8-13(2)11-14;/h7-9,11H,4-6,10,12H2,1-3H3,(H2,16,17,18);1H. The van der Waals surface area contributed by atoms with Gasteiger partial charge >= 0.3 is 0 Å². The van der Waals surface area contributed by atoms with Crippen LogP contribution in [0.3, 0.4) is 0 Å². The first-order valence-electron chi connectivity index (χ1n) is 6.76. The number of hydrogen-bond acceptors (Lipinski definition) is 1. The highest BCUT2D eigenvalue weighted by Crippen LogP contribution is 2.03. The minimum absolute atomic E-state index is 0. The van der Waals surface area contributed by atoms with Crippen LogP contribution in [0.25, 0.3) is 0 Å². The predicted octanol–water partition coefficient (Wildman–Crippen LogP) is 3.47. The lowest BCUT2D eigenvalue weighted by Crippen LogP contribution is -2.37. The molecule has 0 aliphatic carbocycles. The summed E-state index contributed by atoms with van der Waals surface area (Å²) in [5.41, 5.74) is 2.58. The lowest BCUT2D eigenvalue weighted by Gasteiger charge is -2.12. The lowest BCUT2D eigenvalue weighted by molar-refractivity contribution is 0.683. The quantitative estimate of drug-likeness (QED) is 0.346. The zero-order valence-corrected chi connectivity index (χ0v) is 14.5. The molecule has 0 aliphatic rings. The van der Waals surface area contributed by atoms with Gasteiger partial charge < -0.3 is 10.6 Å². The van der Waals surface area contributed by atoms with Crippen molar-refractivity contribution in [3.8, 4) is 0 Å². The Kier molecular flexibility index (Phi) is 10.6. The summed E-state index contributed by atoms with van der Waals surface area (Å²) in [4.78, 5) is 4.22. The molecule has 0 radical (unpaired) electrons. The third-order valence-corrected chi connectivity index (χ3v) is 2.84. The largest absolute Gasteiger partial charge is 0.356 e. The maximum Gasteiger partial charge on any atom is 0.191 e. The molecule has 0 aliphatic heterocycles. The van der Waals surface area contributed by atoms with Crippen molar-refractivity contribution >= 4 is 29.9 Å².